The molecule has 0 aliphatic carbocycles. The van der Waals surface area contributed by atoms with Crippen molar-refractivity contribution in [3.05, 3.63) is 45.5 Å². The molecule has 3 aromatic rings. The monoisotopic (exact) mass is 334 g/mol. The number of fused-ring (bicyclic) bond motifs is 1. The van der Waals surface area contributed by atoms with E-state index in [9.17, 15) is 0 Å². The number of halogens is 1. The van der Waals surface area contributed by atoms with Crippen LogP contribution < -0.4 is 4.74 Å². The standard InChI is InChI=1S/C14H11BrN2OS/c1-8-5-10(3-4-11(8)15)18-14-13-12(16-7-17-14)9(2)6-19-13/h3-7H,1-2H3. The fourth-order valence-electron chi connectivity index (χ4n) is 1.81. The lowest BCUT2D eigenvalue weighted by Gasteiger charge is -2.07. The Hall–Kier alpha value is -1.46. The van der Waals surface area contributed by atoms with Gasteiger partial charge in [0, 0.05) is 4.47 Å². The van der Waals surface area contributed by atoms with Gasteiger partial charge in [-0.2, -0.15) is 0 Å². The van der Waals surface area contributed by atoms with E-state index < -0.39 is 0 Å². The summed E-state index contributed by atoms with van der Waals surface area (Å²) in [4.78, 5) is 8.52. The maximum atomic E-state index is 5.88. The minimum atomic E-state index is 0.616. The quantitative estimate of drug-likeness (QED) is 0.671. The van der Waals surface area contributed by atoms with Gasteiger partial charge in [-0.25, -0.2) is 9.97 Å². The predicted molar refractivity (Wildman–Crippen MR) is 81.1 cm³/mol. The van der Waals surface area contributed by atoms with E-state index >= 15 is 0 Å². The van der Waals surface area contributed by atoms with Crippen LogP contribution >= 0.6 is 27.3 Å². The fraction of sp³-hybridized carbons (Fsp3) is 0.143. The van der Waals surface area contributed by atoms with Crippen molar-refractivity contribution in [3.63, 3.8) is 0 Å². The number of hydrogen-bond acceptors (Lipinski definition) is 4. The third-order valence-electron chi connectivity index (χ3n) is 2.84. The molecule has 2 heterocycles. The summed E-state index contributed by atoms with van der Waals surface area (Å²) in [6, 6.07) is 5.88. The highest BCUT2D eigenvalue weighted by molar-refractivity contribution is 9.10. The Kier molecular flexibility index (Phi) is 3.24. The average Bonchev–Trinajstić information content (AvgIpc) is 2.77. The van der Waals surface area contributed by atoms with E-state index in [0.29, 0.717) is 5.88 Å². The zero-order valence-electron chi connectivity index (χ0n) is 10.5. The zero-order valence-corrected chi connectivity index (χ0v) is 12.9. The summed E-state index contributed by atoms with van der Waals surface area (Å²) in [6.07, 6.45) is 1.54. The van der Waals surface area contributed by atoms with E-state index in [1.54, 1.807) is 17.7 Å². The molecule has 0 radical (unpaired) electrons. The van der Waals surface area contributed by atoms with Crippen LogP contribution in [0.2, 0.25) is 0 Å². The molecule has 0 bridgehead atoms. The molecule has 3 rings (SSSR count). The van der Waals surface area contributed by atoms with E-state index in [1.165, 1.54) is 0 Å². The Bertz CT molecular complexity index is 754. The Labute approximate surface area is 123 Å². The van der Waals surface area contributed by atoms with Crippen molar-refractivity contribution in [2.45, 2.75) is 13.8 Å². The molecule has 19 heavy (non-hydrogen) atoms. The second-order valence-corrected chi connectivity index (χ2v) is 6.02. The summed E-state index contributed by atoms with van der Waals surface area (Å²) in [7, 11) is 0. The molecule has 0 aliphatic rings. The lowest BCUT2D eigenvalue weighted by Crippen LogP contribution is -1.90. The minimum absolute atomic E-state index is 0.616. The van der Waals surface area contributed by atoms with Gasteiger partial charge in [0.25, 0.3) is 0 Å². The number of aromatic nitrogens is 2. The average molecular weight is 335 g/mol. The van der Waals surface area contributed by atoms with Gasteiger partial charge in [-0.05, 0) is 48.6 Å². The van der Waals surface area contributed by atoms with Crippen molar-refractivity contribution in [3.8, 4) is 11.6 Å². The smallest absolute Gasteiger partial charge is 0.240 e. The number of hydrogen-bond donors (Lipinski definition) is 0. The van der Waals surface area contributed by atoms with Gasteiger partial charge in [-0.15, -0.1) is 11.3 Å². The lowest BCUT2D eigenvalue weighted by molar-refractivity contribution is 0.468. The summed E-state index contributed by atoms with van der Waals surface area (Å²) in [5.74, 6) is 1.40. The van der Waals surface area contributed by atoms with Gasteiger partial charge in [0.05, 0.1) is 5.52 Å². The van der Waals surface area contributed by atoms with Crippen LogP contribution in [0.15, 0.2) is 34.4 Å². The second-order valence-electron chi connectivity index (χ2n) is 4.29. The molecule has 5 heteroatoms. The van der Waals surface area contributed by atoms with Crippen LogP contribution in [0, 0.1) is 13.8 Å². The number of benzene rings is 1. The van der Waals surface area contributed by atoms with Gasteiger partial charge in [0.2, 0.25) is 5.88 Å². The molecule has 0 atom stereocenters. The van der Waals surface area contributed by atoms with Crippen LogP contribution in [-0.4, -0.2) is 9.97 Å². The number of thiophene rings is 1. The summed E-state index contributed by atoms with van der Waals surface area (Å²) in [5.41, 5.74) is 3.24. The van der Waals surface area contributed by atoms with E-state index in [2.05, 4.69) is 31.3 Å². The number of rotatable bonds is 2. The van der Waals surface area contributed by atoms with Gasteiger partial charge >= 0.3 is 0 Å². The SMILES string of the molecule is Cc1cc(Oc2ncnc3c(C)csc23)ccc1Br. The largest absolute Gasteiger partial charge is 0.437 e. The van der Waals surface area contributed by atoms with E-state index in [0.717, 1.165) is 31.6 Å². The molecule has 0 fully saturated rings. The Morgan fingerprint density at radius 1 is 1.16 bits per heavy atom. The number of aryl methyl sites for hydroxylation is 2. The molecular formula is C14H11BrN2OS. The number of ether oxygens (including phenoxy) is 1. The van der Waals surface area contributed by atoms with Crippen LogP contribution in [0.25, 0.3) is 10.2 Å². The molecular weight excluding hydrogens is 324 g/mol. The highest BCUT2D eigenvalue weighted by atomic mass is 79.9. The van der Waals surface area contributed by atoms with Crippen molar-refractivity contribution >= 4 is 37.5 Å². The number of nitrogens with zero attached hydrogens (tertiary/aromatic N) is 2. The summed E-state index contributed by atoms with van der Waals surface area (Å²) in [5, 5.41) is 2.07. The first-order chi connectivity index (χ1) is 9.15. The molecule has 0 aliphatic heterocycles. The molecule has 0 spiro atoms. The highest BCUT2D eigenvalue weighted by Gasteiger charge is 2.10. The van der Waals surface area contributed by atoms with Crippen molar-refractivity contribution in [2.24, 2.45) is 0 Å². The molecule has 0 unspecified atom stereocenters. The molecule has 2 aromatic heterocycles. The molecule has 3 nitrogen and oxygen atoms in total. The normalized spacial score (nSPS) is 10.9. The summed E-state index contributed by atoms with van der Waals surface area (Å²) >= 11 is 5.09. The molecule has 96 valence electrons. The Morgan fingerprint density at radius 3 is 2.79 bits per heavy atom. The van der Waals surface area contributed by atoms with Gasteiger partial charge in [0.1, 0.15) is 16.8 Å². The second kappa shape index (κ2) is 4.90. The van der Waals surface area contributed by atoms with Crippen LogP contribution in [0.1, 0.15) is 11.1 Å². The molecule has 1 aromatic carbocycles. The minimum Gasteiger partial charge on any atom is -0.437 e. The zero-order chi connectivity index (χ0) is 13.4. The third kappa shape index (κ3) is 2.35. The van der Waals surface area contributed by atoms with Gasteiger partial charge in [-0.1, -0.05) is 15.9 Å². The molecule has 0 amide bonds. The lowest BCUT2D eigenvalue weighted by atomic mass is 10.2. The van der Waals surface area contributed by atoms with Gasteiger partial charge in [-0.3, -0.25) is 0 Å². The third-order valence-corrected chi connectivity index (χ3v) is 4.81. The highest BCUT2D eigenvalue weighted by Crippen LogP contribution is 2.33. The van der Waals surface area contributed by atoms with Crippen LogP contribution in [-0.2, 0) is 0 Å². The first-order valence-corrected chi connectivity index (χ1v) is 7.45. The summed E-state index contributed by atoms with van der Waals surface area (Å²) < 4.78 is 7.94. The topological polar surface area (TPSA) is 35.0 Å². The fourth-order valence-corrected chi connectivity index (χ4v) is 2.99. The van der Waals surface area contributed by atoms with Gasteiger partial charge in [0.15, 0.2) is 0 Å². The Morgan fingerprint density at radius 2 is 2.00 bits per heavy atom. The van der Waals surface area contributed by atoms with Crippen molar-refractivity contribution in [1.29, 1.82) is 0 Å². The van der Waals surface area contributed by atoms with Crippen molar-refractivity contribution < 1.29 is 4.74 Å². The van der Waals surface area contributed by atoms with Crippen LogP contribution in [0.4, 0.5) is 0 Å². The first kappa shape index (κ1) is 12.6. The molecule has 0 N–H and O–H groups in total. The maximum absolute atomic E-state index is 5.88. The van der Waals surface area contributed by atoms with Crippen molar-refractivity contribution in [1.82, 2.24) is 9.97 Å². The predicted octanol–water partition coefficient (Wildman–Crippen LogP) is 4.86. The molecule has 0 saturated heterocycles. The summed E-state index contributed by atoms with van der Waals surface area (Å²) in [6.45, 7) is 4.07. The van der Waals surface area contributed by atoms with E-state index in [4.69, 9.17) is 4.74 Å². The van der Waals surface area contributed by atoms with Crippen LogP contribution in [0.5, 0.6) is 11.6 Å². The van der Waals surface area contributed by atoms with E-state index in [1.807, 2.05) is 32.0 Å². The molecule has 0 saturated carbocycles. The Balaban J connectivity index is 2.03. The van der Waals surface area contributed by atoms with E-state index in [-0.39, 0.29) is 0 Å². The first-order valence-electron chi connectivity index (χ1n) is 5.78. The van der Waals surface area contributed by atoms with Gasteiger partial charge < -0.3 is 4.74 Å². The van der Waals surface area contributed by atoms with Crippen LogP contribution in [0.3, 0.4) is 0 Å². The maximum Gasteiger partial charge on any atom is 0.240 e. The van der Waals surface area contributed by atoms with Crippen molar-refractivity contribution in [2.75, 3.05) is 0 Å².